The quantitative estimate of drug-likeness (QED) is 0.170. The maximum Gasteiger partial charge on any atom is 0.412 e. The fourth-order valence-corrected chi connectivity index (χ4v) is 5.83. The van der Waals surface area contributed by atoms with E-state index in [0.717, 1.165) is 36.8 Å². The van der Waals surface area contributed by atoms with E-state index in [-0.39, 0.29) is 19.1 Å². The number of esters is 1. The summed E-state index contributed by atoms with van der Waals surface area (Å²) in [5.74, 6) is 1.24. The number of halogens is 2. The molecule has 1 aliphatic rings. The van der Waals surface area contributed by atoms with Gasteiger partial charge < -0.3 is 14.4 Å². The summed E-state index contributed by atoms with van der Waals surface area (Å²) in [6, 6.07) is 5.28. The lowest BCUT2D eigenvalue weighted by molar-refractivity contribution is -0.166. The molecule has 10 heteroatoms. The number of hydrogen-bond acceptors (Lipinski definition) is 6. The molecule has 1 saturated carbocycles. The molecular weight excluding hydrogens is 512 g/mol. The summed E-state index contributed by atoms with van der Waals surface area (Å²) >= 11 is 12.1. The van der Waals surface area contributed by atoms with Crippen LogP contribution in [-0.4, -0.2) is 52.3 Å². The van der Waals surface area contributed by atoms with Crippen molar-refractivity contribution in [3.8, 4) is 0 Å². The standard InChI is InChI=1S/C25H37Cl2NO6P/c1-3-8-24(29)33-19(2)34-25(30)28(15-13-20-11-12-22(26)23(27)17-20)14-7-16-35(31,32)18-21-9-5-4-6-10-21/h11-12,17-19,31-32H,3-10,13-16H2,1-2H3/q+1. The lowest BCUT2D eigenvalue weighted by Crippen LogP contribution is -2.37. The van der Waals surface area contributed by atoms with Crippen LogP contribution in [0.15, 0.2) is 29.6 Å². The molecule has 0 bridgehead atoms. The average molecular weight is 549 g/mol. The van der Waals surface area contributed by atoms with Crippen molar-refractivity contribution in [2.45, 2.75) is 77.9 Å². The zero-order valence-electron chi connectivity index (χ0n) is 20.5. The third-order valence-electron chi connectivity index (χ3n) is 5.73. The number of rotatable bonds is 12. The molecule has 7 nitrogen and oxygen atoms in total. The van der Waals surface area contributed by atoms with E-state index in [0.29, 0.717) is 35.9 Å². The van der Waals surface area contributed by atoms with Crippen LogP contribution in [0, 0.1) is 0 Å². The van der Waals surface area contributed by atoms with Crippen molar-refractivity contribution in [1.29, 1.82) is 0 Å². The van der Waals surface area contributed by atoms with Gasteiger partial charge in [0.15, 0.2) is 0 Å². The molecule has 196 valence electrons. The van der Waals surface area contributed by atoms with Crippen LogP contribution in [-0.2, 0) is 20.7 Å². The Balaban J connectivity index is 1.98. The Morgan fingerprint density at radius 3 is 2.49 bits per heavy atom. The molecule has 2 N–H and O–H groups in total. The summed E-state index contributed by atoms with van der Waals surface area (Å²) < 4.78 is 10.5. The van der Waals surface area contributed by atoms with Crippen molar-refractivity contribution in [2.75, 3.05) is 19.3 Å². The lowest BCUT2D eigenvalue weighted by Gasteiger charge is -2.24. The van der Waals surface area contributed by atoms with Crippen molar-refractivity contribution in [3.63, 3.8) is 0 Å². The van der Waals surface area contributed by atoms with E-state index in [1.54, 1.807) is 17.9 Å². The van der Waals surface area contributed by atoms with Crippen LogP contribution in [0.4, 0.5) is 4.79 Å². The summed E-state index contributed by atoms with van der Waals surface area (Å²) in [4.78, 5) is 47.1. The maximum absolute atomic E-state index is 12.8. The minimum absolute atomic E-state index is 0.189. The van der Waals surface area contributed by atoms with Crippen LogP contribution in [0.5, 0.6) is 0 Å². The Bertz CT molecular complexity index is 872. The zero-order chi connectivity index (χ0) is 25.8. The van der Waals surface area contributed by atoms with Crippen molar-refractivity contribution in [3.05, 3.63) is 45.2 Å². The fraction of sp³-hybridized carbons (Fsp3) is 0.600. The number of benzene rings is 1. The Labute approximate surface area is 218 Å². The molecule has 35 heavy (non-hydrogen) atoms. The fourth-order valence-electron chi connectivity index (χ4n) is 3.93. The van der Waals surface area contributed by atoms with Crippen molar-refractivity contribution in [1.82, 2.24) is 4.90 Å². The molecule has 1 aliphatic carbocycles. The van der Waals surface area contributed by atoms with Crippen LogP contribution in [0.1, 0.15) is 70.8 Å². The van der Waals surface area contributed by atoms with E-state index >= 15 is 0 Å². The van der Waals surface area contributed by atoms with Gasteiger partial charge in [-0.1, -0.05) is 42.6 Å². The van der Waals surface area contributed by atoms with Gasteiger partial charge in [0.1, 0.15) is 12.0 Å². The molecule has 0 aliphatic heterocycles. The second kappa shape index (κ2) is 15.0. The van der Waals surface area contributed by atoms with Gasteiger partial charge in [0, 0.05) is 32.9 Å². The molecule has 2 rings (SSSR count). The smallest absolute Gasteiger partial charge is 0.412 e. The van der Waals surface area contributed by atoms with Crippen molar-refractivity contribution >= 4 is 43.0 Å². The predicted molar refractivity (Wildman–Crippen MR) is 141 cm³/mol. The molecule has 0 aromatic heterocycles. The van der Waals surface area contributed by atoms with Gasteiger partial charge in [-0.2, -0.15) is 0 Å². The number of carbonyl (C=O) groups excluding carboxylic acids is 2. The molecule has 0 heterocycles. The van der Waals surface area contributed by atoms with Gasteiger partial charge in [-0.3, -0.25) is 4.79 Å². The number of amides is 1. The minimum Gasteiger partial charge on any atom is -0.425 e. The van der Waals surface area contributed by atoms with Gasteiger partial charge in [0.25, 0.3) is 7.72 Å². The van der Waals surface area contributed by atoms with Crippen LogP contribution in [0.25, 0.3) is 0 Å². The summed E-state index contributed by atoms with van der Waals surface area (Å²) in [7, 11) is -3.18. The monoisotopic (exact) mass is 548 g/mol. The van der Waals surface area contributed by atoms with Gasteiger partial charge >= 0.3 is 12.1 Å². The van der Waals surface area contributed by atoms with E-state index in [1.165, 1.54) is 18.2 Å². The van der Waals surface area contributed by atoms with Crippen LogP contribution >= 0.6 is 30.9 Å². The summed E-state index contributed by atoms with van der Waals surface area (Å²) in [6.07, 6.45) is 5.50. The minimum atomic E-state index is -3.18. The number of carbonyl (C=O) groups is 2. The topological polar surface area (TPSA) is 96.3 Å². The molecule has 1 aromatic rings. The first-order chi connectivity index (χ1) is 16.6. The van der Waals surface area contributed by atoms with E-state index in [1.807, 2.05) is 13.0 Å². The third-order valence-corrected chi connectivity index (χ3v) is 8.22. The van der Waals surface area contributed by atoms with Gasteiger partial charge in [0.05, 0.1) is 10.0 Å². The normalized spacial score (nSPS) is 14.9. The first-order valence-corrected chi connectivity index (χ1v) is 14.9. The first-order valence-electron chi connectivity index (χ1n) is 12.2. The largest absolute Gasteiger partial charge is 0.425 e. The highest BCUT2D eigenvalue weighted by molar-refractivity contribution is 7.67. The van der Waals surface area contributed by atoms with Gasteiger partial charge in [0.2, 0.25) is 6.29 Å². The van der Waals surface area contributed by atoms with E-state index in [2.05, 4.69) is 0 Å². The Kier molecular flexibility index (Phi) is 12.8. The summed E-state index contributed by atoms with van der Waals surface area (Å²) in [5.41, 5.74) is 2.01. The molecule has 1 amide bonds. The van der Waals surface area contributed by atoms with E-state index in [4.69, 9.17) is 32.7 Å². The number of nitrogens with zero attached hydrogens (tertiary/aromatic N) is 1. The highest BCUT2D eigenvalue weighted by Gasteiger charge is 2.32. The number of hydrogen-bond donors (Lipinski definition) is 2. The third kappa shape index (κ3) is 11.5. The Hall–Kier alpha value is -1.37. The average Bonchev–Trinajstić information content (AvgIpc) is 2.78. The molecule has 1 aromatic carbocycles. The van der Waals surface area contributed by atoms with Crippen molar-refractivity contribution < 1.29 is 28.8 Å². The Morgan fingerprint density at radius 2 is 1.83 bits per heavy atom. The maximum atomic E-state index is 12.8. The number of ether oxygens (including phenoxy) is 2. The molecule has 1 unspecified atom stereocenters. The van der Waals surface area contributed by atoms with Gasteiger partial charge in [-0.05, 0) is 61.8 Å². The Morgan fingerprint density at radius 1 is 1.11 bits per heavy atom. The second-order valence-electron chi connectivity index (χ2n) is 8.89. The highest BCUT2D eigenvalue weighted by atomic mass is 35.5. The van der Waals surface area contributed by atoms with Crippen LogP contribution in [0.3, 0.4) is 0 Å². The number of allylic oxidation sites excluding steroid dienone is 1. The lowest BCUT2D eigenvalue weighted by atomic mass is 9.96. The van der Waals surface area contributed by atoms with Crippen molar-refractivity contribution in [2.24, 2.45) is 0 Å². The second-order valence-corrected chi connectivity index (χ2v) is 12.0. The van der Waals surface area contributed by atoms with Gasteiger partial charge in [-0.25, -0.2) is 14.6 Å². The zero-order valence-corrected chi connectivity index (χ0v) is 23.0. The van der Waals surface area contributed by atoms with Gasteiger partial charge in [-0.15, -0.1) is 0 Å². The van der Waals surface area contributed by atoms with Crippen LogP contribution in [0.2, 0.25) is 10.0 Å². The SMILES string of the molecule is CCCC(=O)OC(C)OC(=O)N(CCC[P+](O)(O)C=C1CCCCC1)CCc1ccc(Cl)c(Cl)c1. The van der Waals surface area contributed by atoms with Crippen LogP contribution < -0.4 is 0 Å². The predicted octanol–water partition coefficient (Wildman–Crippen LogP) is 6.73. The van der Waals surface area contributed by atoms with E-state index < -0.39 is 26.1 Å². The molecule has 1 fully saturated rings. The molecule has 1 atom stereocenters. The molecular formula is C25H37Cl2NO6P+. The summed E-state index contributed by atoms with van der Waals surface area (Å²) in [5, 5.41) is 0.883. The van der Waals surface area contributed by atoms with E-state index in [9.17, 15) is 19.4 Å². The first kappa shape index (κ1) is 29.9. The molecule has 0 saturated heterocycles. The molecule has 0 spiro atoms. The summed E-state index contributed by atoms with van der Waals surface area (Å²) in [6.45, 7) is 3.94. The highest BCUT2D eigenvalue weighted by Crippen LogP contribution is 2.54. The molecule has 0 radical (unpaired) electrons.